The van der Waals surface area contributed by atoms with Gasteiger partial charge in [0.1, 0.15) is 0 Å². The van der Waals surface area contributed by atoms with Gasteiger partial charge < -0.3 is 10.4 Å². The van der Waals surface area contributed by atoms with Crippen LogP contribution in [0, 0.1) is 0 Å². The summed E-state index contributed by atoms with van der Waals surface area (Å²) in [4.78, 5) is 12.1. The van der Waals surface area contributed by atoms with Gasteiger partial charge in [0.15, 0.2) is 0 Å². The van der Waals surface area contributed by atoms with E-state index in [-0.39, 0.29) is 18.6 Å². The number of hydrogen-bond donors (Lipinski definition) is 2. The Bertz CT molecular complexity index is 429. The van der Waals surface area contributed by atoms with Crippen molar-refractivity contribution in [3.05, 3.63) is 34.9 Å². The number of hydrogen-bond acceptors (Lipinski definition) is 2. The van der Waals surface area contributed by atoms with Gasteiger partial charge in [0.25, 0.3) is 0 Å². The molecule has 1 amide bonds. The molecule has 1 aromatic rings. The number of benzene rings is 1. The second kappa shape index (κ2) is 4.67. The Hall–Kier alpha value is -1.06. The fourth-order valence-corrected chi connectivity index (χ4v) is 2.16. The van der Waals surface area contributed by atoms with Crippen molar-refractivity contribution in [3.63, 3.8) is 0 Å². The zero-order chi connectivity index (χ0) is 12.5. The van der Waals surface area contributed by atoms with E-state index in [1.165, 1.54) is 0 Å². The molecule has 0 radical (unpaired) electrons. The Morgan fingerprint density at radius 1 is 1.59 bits per heavy atom. The first-order chi connectivity index (χ1) is 8.08. The van der Waals surface area contributed by atoms with E-state index < -0.39 is 5.41 Å². The van der Waals surface area contributed by atoms with Crippen LogP contribution in [0.25, 0.3) is 0 Å². The van der Waals surface area contributed by atoms with Crippen LogP contribution in [0.2, 0.25) is 5.02 Å². The van der Waals surface area contributed by atoms with Crippen molar-refractivity contribution >= 4 is 17.5 Å². The zero-order valence-electron chi connectivity index (χ0n) is 9.74. The maximum atomic E-state index is 12.1. The van der Waals surface area contributed by atoms with Gasteiger partial charge in [-0.25, -0.2) is 0 Å². The molecule has 0 spiro atoms. The smallest absolute Gasteiger partial charge is 0.230 e. The molecule has 0 aliphatic heterocycles. The molecule has 1 unspecified atom stereocenters. The van der Waals surface area contributed by atoms with Crippen molar-refractivity contribution in [2.75, 3.05) is 6.61 Å². The summed E-state index contributed by atoms with van der Waals surface area (Å²) in [5.41, 5.74) is 0.543. The van der Waals surface area contributed by atoms with Crippen molar-refractivity contribution in [3.8, 4) is 0 Å². The van der Waals surface area contributed by atoms with Gasteiger partial charge in [0.2, 0.25) is 5.91 Å². The van der Waals surface area contributed by atoms with Crippen LogP contribution in [0.5, 0.6) is 0 Å². The van der Waals surface area contributed by atoms with Crippen LogP contribution in [0.4, 0.5) is 0 Å². The Balaban J connectivity index is 2.17. The number of carbonyl (C=O) groups is 1. The quantitative estimate of drug-likeness (QED) is 0.861. The van der Waals surface area contributed by atoms with E-state index in [1.54, 1.807) is 13.0 Å². The summed E-state index contributed by atoms with van der Waals surface area (Å²) >= 11 is 5.94. The van der Waals surface area contributed by atoms with Gasteiger partial charge in [-0.15, -0.1) is 0 Å². The van der Waals surface area contributed by atoms with Gasteiger partial charge in [-0.2, -0.15) is 0 Å². The normalized spacial score (nSPS) is 18.5. The van der Waals surface area contributed by atoms with Crippen molar-refractivity contribution < 1.29 is 9.90 Å². The Kier molecular flexibility index (Phi) is 3.40. The summed E-state index contributed by atoms with van der Waals surface area (Å²) < 4.78 is 0. The Morgan fingerprint density at radius 2 is 2.29 bits per heavy atom. The second-order valence-corrected chi connectivity index (χ2v) is 5.09. The number of aliphatic hydroxyl groups is 1. The predicted molar refractivity (Wildman–Crippen MR) is 67.1 cm³/mol. The monoisotopic (exact) mass is 253 g/mol. The minimum absolute atomic E-state index is 0.0127. The molecule has 2 N–H and O–H groups in total. The first-order valence-electron chi connectivity index (χ1n) is 5.76. The lowest BCUT2D eigenvalue weighted by molar-refractivity contribution is -0.124. The molecule has 0 heterocycles. The van der Waals surface area contributed by atoms with Gasteiger partial charge in [0.05, 0.1) is 12.0 Å². The van der Waals surface area contributed by atoms with Gasteiger partial charge in [0, 0.05) is 11.1 Å². The van der Waals surface area contributed by atoms with Crippen LogP contribution in [-0.4, -0.2) is 23.7 Å². The van der Waals surface area contributed by atoms with Gasteiger partial charge in [-0.05, 0) is 37.5 Å². The average molecular weight is 254 g/mol. The summed E-state index contributed by atoms with van der Waals surface area (Å²) in [5.74, 6) is -0.0127. The molecule has 3 nitrogen and oxygen atoms in total. The largest absolute Gasteiger partial charge is 0.394 e. The molecule has 0 aromatic heterocycles. The summed E-state index contributed by atoms with van der Waals surface area (Å²) in [6.45, 7) is 1.74. The zero-order valence-corrected chi connectivity index (χ0v) is 10.5. The van der Waals surface area contributed by atoms with E-state index in [4.69, 9.17) is 16.7 Å². The van der Waals surface area contributed by atoms with Gasteiger partial charge in [-0.3, -0.25) is 4.79 Å². The standard InChI is InChI=1S/C13H16ClNO2/c1-9(8-16)15-12(17)13(5-6-13)10-3-2-4-11(14)7-10/h2-4,7,9,16H,5-6,8H2,1H3,(H,15,17). The molecule has 2 rings (SSSR count). The molecule has 0 saturated heterocycles. The molecule has 4 heteroatoms. The number of halogens is 1. The lowest BCUT2D eigenvalue weighted by Crippen LogP contribution is -2.41. The maximum absolute atomic E-state index is 12.1. The summed E-state index contributed by atoms with van der Waals surface area (Å²) in [6.07, 6.45) is 1.69. The molecule has 1 saturated carbocycles. The number of rotatable bonds is 4. The van der Waals surface area contributed by atoms with E-state index in [9.17, 15) is 4.79 Å². The predicted octanol–water partition coefficient (Wildman–Crippen LogP) is 1.87. The van der Waals surface area contributed by atoms with Gasteiger partial charge in [-0.1, -0.05) is 23.7 Å². The first-order valence-corrected chi connectivity index (χ1v) is 6.14. The molecule has 1 fully saturated rings. The minimum atomic E-state index is -0.422. The highest BCUT2D eigenvalue weighted by molar-refractivity contribution is 6.30. The van der Waals surface area contributed by atoms with Crippen molar-refractivity contribution in [1.82, 2.24) is 5.32 Å². The average Bonchev–Trinajstić information content (AvgIpc) is 3.10. The second-order valence-electron chi connectivity index (χ2n) is 4.65. The molecular formula is C13H16ClNO2. The third-order valence-electron chi connectivity index (χ3n) is 3.21. The Labute approximate surface area is 106 Å². The van der Waals surface area contributed by atoms with Crippen molar-refractivity contribution in [2.24, 2.45) is 0 Å². The van der Waals surface area contributed by atoms with E-state index >= 15 is 0 Å². The van der Waals surface area contributed by atoms with Crippen LogP contribution < -0.4 is 5.32 Å². The summed E-state index contributed by atoms with van der Waals surface area (Å²) in [5, 5.41) is 12.4. The molecule has 1 aromatic carbocycles. The summed E-state index contributed by atoms with van der Waals surface area (Å²) in [7, 11) is 0. The van der Waals surface area contributed by atoms with E-state index in [0.29, 0.717) is 5.02 Å². The molecule has 17 heavy (non-hydrogen) atoms. The highest BCUT2D eigenvalue weighted by Gasteiger charge is 2.51. The lowest BCUT2D eigenvalue weighted by atomic mass is 9.95. The van der Waals surface area contributed by atoms with Crippen molar-refractivity contribution in [2.45, 2.75) is 31.2 Å². The Morgan fingerprint density at radius 3 is 2.82 bits per heavy atom. The number of aliphatic hydroxyl groups excluding tert-OH is 1. The van der Waals surface area contributed by atoms with E-state index in [1.807, 2.05) is 18.2 Å². The lowest BCUT2D eigenvalue weighted by Gasteiger charge is -2.18. The van der Waals surface area contributed by atoms with E-state index in [2.05, 4.69) is 5.32 Å². The van der Waals surface area contributed by atoms with Crippen LogP contribution >= 0.6 is 11.6 Å². The molecule has 0 bridgehead atoms. The fourth-order valence-electron chi connectivity index (χ4n) is 1.97. The third-order valence-corrected chi connectivity index (χ3v) is 3.45. The topological polar surface area (TPSA) is 49.3 Å². The number of carbonyl (C=O) groups excluding carboxylic acids is 1. The molecule has 1 aliphatic rings. The van der Waals surface area contributed by atoms with Crippen LogP contribution in [0.15, 0.2) is 24.3 Å². The van der Waals surface area contributed by atoms with E-state index in [0.717, 1.165) is 18.4 Å². The molecular weight excluding hydrogens is 238 g/mol. The highest BCUT2D eigenvalue weighted by atomic mass is 35.5. The highest BCUT2D eigenvalue weighted by Crippen LogP contribution is 2.48. The third kappa shape index (κ3) is 2.45. The molecule has 1 atom stereocenters. The van der Waals surface area contributed by atoms with Crippen LogP contribution in [0.1, 0.15) is 25.3 Å². The number of nitrogens with one attached hydrogen (secondary N) is 1. The summed E-state index contributed by atoms with van der Waals surface area (Å²) in [6, 6.07) is 7.23. The first kappa shape index (κ1) is 12.4. The number of amides is 1. The van der Waals surface area contributed by atoms with Crippen LogP contribution in [-0.2, 0) is 10.2 Å². The SMILES string of the molecule is CC(CO)NC(=O)C1(c2cccc(Cl)c2)CC1. The minimum Gasteiger partial charge on any atom is -0.394 e. The van der Waals surface area contributed by atoms with Gasteiger partial charge >= 0.3 is 0 Å². The molecule has 1 aliphatic carbocycles. The fraction of sp³-hybridized carbons (Fsp3) is 0.462. The maximum Gasteiger partial charge on any atom is 0.230 e. The van der Waals surface area contributed by atoms with Crippen molar-refractivity contribution in [1.29, 1.82) is 0 Å². The van der Waals surface area contributed by atoms with Crippen LogP contribution in [0.3, 0.4) is 0 Å². The molecule has 92 valence electrons.